The summed E-state index contributed by atoms with van der Waals surface area (Å²) in [5, 5.41) is 39.9. The zero-order valence-corrected chi connectivity index (χ0v) is 49.1. The highest BCUT2D eigenvalue weighted by Crippen LogP contribution is 2.20. The van der Waals surface area contributed by atoms with Crippen LogP contribution in [0.2, 0.25) is 0 Å². The third kappa shape index (κ3) is 25.6. The highest BCUT2D eigenvalue weighted by Gasteiger charge is 2.38. The van der Waals surface area contributed by atoms with Crippen LogP contribution in [0.4, 0.5) is 0 Å². The molecule has 82 heavy (non-hydrogen) atoms. The zero-order valence-electron chi connectivity index (χ0n) is 49.1. The number of hydrogen-bond acceptors (Lipinski definition) is 17. The Morgan fingerprint density at radius 3 is 1.79 bits per heavy atom. The molecule has 7 amide bonds. The lowest BCUT2D eigenvalue weighted by Gasteiger charge is -2.28. The molecule has 1 aliphatic rings. The Labute approximate surface area is 483 Å². The monoisotopic (exact) mass is 1160 g/mol. The molecule has 462 valence electrons. The molecule has 24 nitrogen and oxygen atoms in total. The molecule has 1 aromatic carbocycles. The van der Waals surface area contributed by atoms with Crippen molar-refractivity contribution in [3.05, 3.63) is 35.9 Å². The van der Waals surface area contributed by atoms with Gasteiger partial charge in [0, 0.05) is 62.9 Å². The minimum atomic E-state index is -1.58. The minimum Gasteiger partial charge on any atom is -0.391 e. The van der Waals surface area contributed by atoms with Crippen LogP contribution in [0.25, 0.3) is 0 Å². The summed E-state index contributed by atoms with van der Waals surface area (Å²) in [7, 11) is 0. The van der Waals surface area contributed by atoms with Crippen molar-refractivity contribution in [2.75, 3.05) is 32.7 Å². The number of carbonyl (C=O) groups is 11. The molecular formula is C58H97N11O13. The fraction of sp³-hybridized carbons (Fsp3) is 0.707. The van der Waals surface area contributed by atoms with E-state index in [-0.39, 0.29) is 102 Å². The number of aliphatic hydroxyl groups is 2. The maximum Gasteiger partial charge on any atom is 0.245 e. The van der Waals surface area contributed by atoms with Crippen molar-refractivity contribution in [2.24, 2.45) is 52.5 Å². The molecule has 0 bridgehead atoms. The van der Waals surface area contributed by atoms with Gasteiger partial charge in [0.2, 0.25) is 41.4 Å². The summed E-state index contributed by atoms with van der Waals surface area (Å²) in [5.74, 6) is -12.3. The quantitative estimate of drug-likeness (QED) is 0.0452. The molecule has 17 N–H and O–H groups in total. The highest BCUT2D eigenvalue weighted by molar-refractivity contribution is 5.99. The van der Waals surface area contributed by atoms with Crippen LogP contribution in [0.3, 0.4) is 0 Å². The van der Waals surface area contributed by atoms with Gasteiger partial charge in [-0.1, -0.05) is 83.7 Å². The highest BCUT2D eigenvalue weighted by atomic mass is 16.3. The van der Waals surface area contributed by atoms with Crippen LogP contribution in [0, 0.1) is 29.6 Å². The maximum absolute atomic E-state index is 14.5. The Morgan fingerprint density at radius 2 is 1.24 bits per heavy atom. The number of unbranched alkanes of at least 4 members (excludes halogenated alkanes) is 4. The van der Waals surface area contributed by atoms with Crippen molar-refractivity contribution >= 4 is 64.5 Å². The lowest BCUT2D eigenvalue weighted by molar-refractivity contribution is -0.137. The first-order valence-electron chi connectivity index (χ1n) is 29.3. The van der Waals surface area contributed by atoms with Gasteiger partial charge in [-0.05, 0) is 96.3 Å². The second-order valence-corrected chi connectivity index (χ2v) is 22.2. The minimum absolute atomic E-state index is 0.0142. The second kappa shape index (κ2) is 38.7. The van der Waals surface area contributed by atoms with Gasteiger partial charge in [-0.3, -0.25) is 52.7 Å². The van der Waals surface area contributed by atoms with Crippen molar-refractivity contribution in [1.82, 2.24) is 37.2 Å². The topological polar surface area (TPSA) is 417 Å². The molecule has 0 aliphatic carbocycles. The summed E-state index contributed by atoms with van der Waals surface area (Å²) in [6.07, 6.45) is -0.189. The van der Waals surface area contributed by atoms with Crippen LogP contribution < -0.4 is 60.2 Å². The van der Waals surface area contributed by atoms with Crippen molar-refractivity contribution in [3.63, 3.8) is 0 Å². The summed E-state index contributed by atoms with van der Waals surface area (Å²) in [4.78, 5) is 154. The summed E-state index contributed by atoms with van der Waals surface area (Å²) >= 11 is 0. The molecule has 2 rings (SSSR count). The number of aliphatic hydroxyl groups excluding tert-OH is 2. The summed E-state index contributed by atoms with van der Waals surface area (Å²) in [6, 6.07) is 0.354. The fourth-order valence-corrected chi connectivity index (χ4v) is 9.75. The predicted octanol–water partition coefficient (Wildman–Crippen LogP) is -0.457. The van der Waals surface area contributed by atoms with Gasteiger partial charge in [0.15, 0.2) is 17.3 Å². The molecule has 0 radical (unpaired) electrons. The maximum atomic E-state index is 14.5. The van der Waals surface area contributed by atoms with Gasteiger partial charge in [0.05, 0.1) is 30.2 Å². The predicted molar refractivity (Wildman–Crippen MR) is 308 cm³/mol. The first-order chi connectivity index (χ1) is 38.9. The average molecular weight is 1160 g/mol. The number of amides is 7. The fourth-order valence-electron chi connectivity index (χ4n) is 9.75. The van der Waals surface area contributed by atoms with E-state index >= 15 is 0 Å². The first kappa shape index (κ1) is 72.1. The number of ketones is 4. The van der Waals surface area contributed by atoms with E-state index in [0.29, 0.717) is 12.0 Å². The lowest BCUT2D eigenvalue weighted by Crippen LogP contribution is -2.56. The van der Waals surface area contributed by atoms with Crippen molar-refractivity contribution in [2.45, 2.75) is 199 Å². The van der Waals surface area contributed by atoms with Gasteiger partial charge in [-0.15, -0.1) is 0 Å². The Bertz CT molecular complexity index is 2230. The van der Waals surface area contributed by atoms with Gasteiger partial charge in [-0.25, -0.2) is 0 Å². The van der Waals surface area contributed by atoms with Crippen molar-refractivity contribution < 1.29 is 63.0 Å². The third-order valence-electron chi connectivity index (χ3n) is 14.7. The van der Waals surface area contributed by atoms with E-state index in [1.807, 2.05) is 13.8 Å². The normalized spacial score (nSPS) is 23.2. The van der Waals surface area contributed by atoms with Gasteiger partial charge < -0.3 is 70.4 Å². The molecule has 1 heterocycles. The van der Waals surface area contributed by atoms with Crippen LogP contribution in [0.15, 0.2) is 30.3 Å². The van der Waals surface area contributed by atoms with Crippen LogP contribution >= 0.6 is 0 Å². The number of benzene rings is 1. The van der Waals surface area contributed by atoms with E-state index in [9.17, 15) is 63.0 Å². The van der Waals surface area contributed by atoms with Gasteiger partial charge in [0.25, 0.3) is 0 Å². The van der Waals surface area contributed by atoms with E-state index in [1.54, 1.807) is 37.3 Å². The summed E-state index contributed by atoms with van der Waals surface area (Å²) in [5.41, 5.74) is 24.4. The Morgan fingerprint density at radius 1 is 0.659 bits per heavy atom. The number of Topliss-reactive ketones (excluding diaryl/α,β-unsaturated/α-hetero) is 4. The van der Waals surface area contributed by atoms with Gasteiger partial charge in [0.1, 0.15) is 30.0 Å². The van der Waals surface area contributed by atoms with Crippen LogP contribution in [-0.2, 0) is 59.2 Å². The molecule has 0 saturated carbocycles. The number of nitrogens with one attached hydrogen (secondary N) is 7. The SMILES string of the molecule is CCCCCCCC(=O)C[C@@H](CN)C(=O)N[C@H](C(=O)C[C@@H](CCN)C(=O)N[C@H]1CCNC(=O)[C@H]([C@@H](C)O)NC(=O)[C@H](CC)CC(=O)[C@H](CCN)NC(=O)[C@H](CC(C)C)NC(=O)[C@@H](Cc2ccccc2)CC(=O)[C@H](CCN)NC1=O)[C@@H](C)O. The molecule has 1 aliphatic heterocycles. The molecule has 1 aromatic rings. The van der Waals surface area contributed by atoms with Crippen molar-refractivity contribution in [3.8, 4) is 0 Å². The van der Waals surface area contributed by atoms with E-state index in [4.69, 9.17) is 22.9 Å². The van der Waals surface area contributed by atoms with Crippen LogP contribution in [0.5, 0.6) is 0 Å². The van der Waals surface area contributed by atoms with Gasteiger partial charge >= 0.3 is 0 Å². The Balaban J connectivity index is 2.65. The number of rotatable bonds is 29. The van der Waals surface area contributed by atoms with E-state index < -0.39 is 150 Å². The largest absolute Gasteiger partial charge is 0.391 e. The third-order valence-corrected chi connectivity index (χ3v) is 14.7. The molecule has 0 unspecified atom stereocenters. The first-order valence-corrected chi connectivity index (χ1v) is 29.3. The molecular weight excluding hydrogens is 1060 g/mol. The Hall–Kier alpha value is -6.05. The average Bonchev–Trinajstić information content (AvgIpc) is 3.50. The molecule has 1 saturated heterocycles. The zero-order chi connectivity index (χ0) is 61.5. The molecule has 0 spiro atoms. The summed E-state index contributed by atoms with van der Waals surface area (Å²) < 4.78 is 0. The number of hydrogen-bond donors (Lipinski definition) is 13. The lowest BCUT2D eigenvalue weighted by atomic mass is 9.89. The number of carbonyl (C=O) groups excluding carboxylic acids is 11. The Kier molecular flexibility index (Phi) is 34.0. The number of nitrogens with two attached hydrogens (primary N) is 4. The van der Waals surface area contributed by atoms with E-state index in [1.165, 1.54) is 13.8 Å². The molecule has 12 atom stereocenters. The molecule has 24 heteroatoms. The standard InChI is InChI=1S/C58H97N11O13/c1-7-9-10-11-15-18-42(72)29-41(33-62)55(79)68-50(35(5)70)49(75)31-39(19-23-59)53(77)66-45-22-26-63-58(82)51(36(6)71)69-52(76)38(8-2)30-47(73)43(20-24-60)65-57(81)46(27-34(3)4)67-54(78)40(28-37-16-13-12-14-17-37)32-48(74)44(21-25-61)64-56(45)80/h12-14,16-17,34-36,38-41,43-46,50-51,70-71H,7-11,15,18-33,59-62H2,1-6H3,(H,63,82)(H,64,80)(H,65,81)(H,66,77)(H,67,78)(H,68,79)(H,69,76)/t35-,36-,38-,39-,40+,41+,43+,44+,45+,46+,50+,51+/m1/s1. The van der Waals surface area contributed by atoms with Crippen LogP contribution in [0.1, 0.15) is 150 Å². The second-order valence-electron chi connectivity index (χ2n) is 22.2. The van der Waals surface area contributed by atoms with E-state index in [2.05, 4.69) is 44.1 Å². The smallest absolute Gasteiger partial charge is 0.245 e. The van der Waals surface area contributed by atoms with E-state index in [0.717, 1.165) is 25.7 Å². The molecule has 1 fully saturated rings. The van der Waals surface area contributed by atoms with Crippen LogP contribution in [-0.4, -0.2) is 156 Å². The summed E-state index contributed by atoms with van der Waals surface area (Å²) in [6.45, 7) is 8.97. The molecule has 0 aromatic heterocycles. The van der Waals surface area contributed by atoms with Gasteiger partial charge in [-0.2, -0.15) is 0 Å². The van der Waals surface area contributed by atoms with Crippen molar-refractivity contribution in [1.29, 1.82) is 0 Å².